The monoisotopic (exact) mass is 631 g/mol. The Balaban J connectivity index is 1.40. The summed E-state index contributed by atoms with van der Waals surface area (Å²) in [6.45, 7) is 3.41. The highest BCUT2D eigenvalue weighted by Crippen LogP contribution is 2.34. The standard InChI is InChI=1S/C30H30BrN7O4/c31-25-9-5-4-8-23(25)24-18-20-19-33-30(38(21-6-2-1-3-7-21)37-14-16-41-17-15-37)35-27(20)34-26(24)28(39)42-22-10-12-36(13-11-22)29(32)40/h1-9,18-19,22H,10-17H2,(H2,32,40). The number of aromatic nitrogens is 3. The Morgan fingerprint density at radius 3 is 2.38 bits per heavy atom. The van der Waals surface area contributed by atoms with Crippen LogP contribution in [0.3, 0.4) is 0 Å². The lowest BCUT2D eigenvalue weighted by Gasteiger charge is -2.37. The zero-order valence-corrected chi connectivity index (χ0v) is 24.4. The number of rotatable bonds is 6. The van der Waals surface area contributed by atoms with E-state index in [0.717, 1.165) is 15.7 Å². The Labute approximate surface area is 251 Å². The van der Waals surface area contributed by atoms with Crippen molar-refractivity contribution < 1.29 is 19.1 Å². The third-order valence-corrected chi connectivity index (χ3v) is 8.09. The number of amides is 2. The maximum atomic E-state index is 13.7. The van der Waals surface area contributed by atoms with E-state index in [4.69, 9.17) is 30.2 Å². The van der Waals surface area contributed by atoms with Crippen molar-refractivity contribution in [2.24, 2.45) is 5.73 Å². The van der Waals surface area contributed by atoms with Crippen LogP contribution in [0.5, 0.6) is 0 Å². The number of hydrazine groups is 1. The number of carbonyl (C=O) groups excluding carboxylic acids is 2. The Kier molecular flexibility index (Phi) is 8.27. The van der Waals surface area contributed by atoms with Gasteiger partial charge in [-0.15, -0.1) is 0 Å². The predicted molar refractivity (Wildman–Crippen MR) is 161 cm³/mol. The third kappa shape index (κ3) is 5.91. The van der Waals surface area contributed by atoms with E-state index in [-0.39, 0.29) is 11.8 Å². The number of halogens is 1. The molecule has 2 fully saturated rings. The zero-order chi connectivity index (χ0) is 29.1. The van der Waals surface area contributed by atoms with Gasteiger partial charge in [-0.05, 0) is 29.8 Å². The number of fused-ring (bicyclic) bond motifs is 1. The maximum Gasteiger partial charge on any atom is 0.357 e. The van der Waals surface area contributed by atoms with Gasteiger partial charge in [-0.3, -0.25) is 0 Å². The molecule has 0 spiro atoms. The second-order valence-corrected chi connectivity index (χ2v) is 10.9. The van der Waals surface area contributed by atoms with Crippen molar-refractivity contribution in [1.29, 1.82) is 0 Å². The van der Waals surface area contributed by atoms with Gasteiger partial charge in [0, 0.05) is 60.6 Å². The highest BCUT2D eigenvalue weighted by molar-refractivity contribution is 9.10. The van der Waals surface area contributed by atoms with Gasteiger partial charge in [0.25, 0.3) is 0 Å². The molecule has 0 atom stereocenters. The number of carbonyl (C=O) groups is 2. The molecule has 0 saturated carbocycles. The molecule has 4 aromatic rings. The minimum Gasteiger partial charge on any atom is -0.457 e. The summed E-state index contributed by atoms with van der Waals surface area (Å²) in [5.74, 6) is -0.108. The summed E-state index contributed by atoms with van der Waals surface area (Å²) in [4.78, 5) is 41.1. The number of pyridine rings is 1. The van der Waals surface area contributed by atoms with Crippen LogP contribution in [0.4, 0.5) is 16.4 Å². The number of likely N-dealkylation sites (tertiary alicyclic amines) is 1. The number of hydrogen-bond donors (Lipinski definition) is 1. The van der Waals surface area contributed by atoms with Gasteiger partial charge in [-0.2, -0.15) is 4.98 Å². The average molecular weight is 633 g/mol. The molecular weight excluding hydrogens is 602 g/mol. The van der Waals surface area contributed by atoms with E-state index in [1.165, 1.54) is 0 Å². The van der Waals surface area contributed by atoms with Crippen molar-refractivity contribution in [1.82, 2.24) is 24.9 Å². The summed E-state index contributed by atoms with van der Waals surface area (Å²) in [6, 6.07) is 18.9. The van der Waals surface area contributed by atoms with E-state index in [1.54, 1.807) is 11.1 Å². The normalized spacial score (nSPS) is 16.4. The summed E-state index contributed by atoms with van der Waals surface area (Å²) in [5.41, 5.74) is 8.27. The van der Waals surface area contributed by atoms with Crippen LogP contribution < -0.4 is 10.7 Å². The molecule has 2 aliphatic rings. The lowest BCUT2D eigenvalue weighted by atomic mass is 10.0. The van der Waals surface area contributed by atoms with Crippen LogP contribution in [0.1, 0.15) is 23.3 Å². The number of morpholine rings is 1. The lowest BCUT2D eigenvalue weighted by Crippen LogP contribution is -2.47. The summed E-state index contributed by atoms with van der Waals surface area (Å²) in [7, 11) is 0. The van der Waals surface area contributed by atoms with E-state index < -0.39 is 12.0 Å². The smallest absolute Gasteiger partial charge is 0.357 e. The third-order valence-electron chi connectivity index (χ3n) is 7.40. The molecule has 42 heavy (non-hydrogen) atoms. The number of nitrogens with zero attached hydrogens (tertiary/aromatic N) is 6. The molecule has 2 aromatic heterocycles. The molecule has 0 unspecified atom stereocenters. The number of nitrogens with two attached hydrogens (primary N) is 1. The molecule has 2 aliphatic heterocycles. The van der Waals surface area contributed by atoms with Crippen LogP contribution >= 0.6 is 15.9 Å². The minimum atomic E-state index is -0.548. The number of primary amides is 1. The molecular formula is C30H30BrN7O4. The minimum absolute atomic E-state index is 0.161. The highest BCUT2D eigenvalue weighted by atomic mass is 79.9. The van der Waals surface area contributed by atoms with Gasteiger partial charge < -0.3 is 20.1 Å². The van der Waals surface area contributed by atoms with E-state index in [0.29, 0.717) is 74.8 Å². The molecule has 2 N–H and O–H groups in total. The van der Waals surface area contributed by atoms with Crippen molar-refractivity contribution in [3.05, 3.63) is 77.0 Å². The van der Waals surface area contributed by atoms with Crippen LogP contribution in [0, 0.1) is 0 Å². The fourth-order valence-corrected chi connectivity index (χ4v) is 5.72. The molecule has 0 radical (unpaired) electrons. The predicted octanol–water partition coefficient (Wildman–Crippen LogP) is 4.54. The first-order valence-corrected chi connectivity index (χ1v) is 14.6. The van der Waals surface area contributed by atoms with Crippen molar-refractivity contribution in [3.8, 4) is 11.1 Å². The van der Waals surface area contributed by atoms with Gasteiger partial charge in [0.05, 0.1) is 18.9 Å². The number of para-hydroxylation sites is 1. The number of ether oxygens (including phenoxy) is 2. The molecule has 2 amide bonds. The SMILES string of the molecule is NC(=O)N1CCC(OC(=O)c2nc3nc(N(c4ccccc4)N4CCOCC4)ncc3cc2-c2ccccc2Br)CC1. The van der Waals surface area contributed by atoms with Gasteiger partial charge in [-0.1, -0.05) is 52.3 Å². The molecule has 0 aliphatic carbocycles. The molecule has 6 rings (SSSR count). The lowest BCUT2D eigenvalue weighted by molar-refractivity contribution is 0.0151. The number of benzene rings is 2. The molecule has 4 heterocycles. The van der Waals surface area contributed by atoms with Crippen molar-refractivity contribution in [2.45, 2.75) is 18.9 Å². The molecule has 2 saturated heterocycles. The fourth-order valence-electron chi connectivity index (χ4n) is 5.23. The summed E-state index contributed by atoms with van der Waals surface area (Å²) in [6.07, 6.45) is 2.39. The molecule has 12 heteroatoms. The van der Waals surface area contributed by atoms with Crippen LogP contribution in [-0.4, -0.2) is 82.4 Å². The second kappa shape index (κ2) is 12.4. The van der Waals surface area contributed by atoms with Crippen LogP contribution in [0.2, 0.25) is 0 Å². The first-order valence-electron chi connectivity index (χ1n) is 13.8. The fraction of sp³-hybridized carbons (Fsp3) is 0.300. The maximum absolute atomic E-state index is 13.7. The Morgan fingerprint density at radius 1 is 0.952 bits per heavy atom. The molecule has 0 bridgehead atoms. The largest absolute Gasteiger partial charge is 0.457 e. The second-order valence-electron chi connectivity index (χ2n) is 10.1. The number of anilines is 2. The number of hydrogen-bond acceptors (Lipinski definition) is 9. The van der Waals surface area contributed by atoms with Crippen LogP contribution in [-0.2, 0) is 9.47 Å². The first kappa shape index (κ1) is 28.0. The van der Waals surface area contributed by atoms with Crippen molar-refractivity contribution >= 4 is 50.6 Å². The van der Waals surface area contributed by atoms with Gasteiger partial charge in [-0.25, -0.2) is 29.6 Å². The quantitative estimate of drug-likeness (QED) is 0.305. The van der Waals surface area contributed by atoms with Crippen LogP contribution in [0.25, 0.3) is 22.2 Å². The van der Waals surface area contributed by atoms with Gasteiger partial charge in [0.2, 0.25) is 5.95 Å². The summed E-state index contributed by atoms with van der Waals surface area (Å²) in [5, 5.41) is 4.80. The highest BCUT2D eigenvalue weighted by Gasteiger charge is 2.28. The van der Waals surface area contributed by atoms with Gasteiger partial charge in [0.15, 0.2) is 11.3 Å². The number of esters is 1. The summed E-state index contributed by atoms with van der Waals surface area (Å²) >= 11 is 3.62. The van der Waals surface area contributed by atoms with Crippen LogP contribution in [0.15, 0.2) is 71.3 Å². The topological polar surface area (TPSA) is 127 Å². The molecule has 11 nitrogen and oxygen atoms in total. The first-order chi connectivity index (χ1) is 20.5. The van der Waals surface area contributed by atoms with Gasteiger partial charge in [0.1, 0.15) is 6.10 Å². The van der Waals surface area contributed by atoms with Crippen molar-refractivity contribution in [3.63, 3.8) is 0 Å². The Bertz CT molecular complexity index is 1590. The number of piperidine rings is 1. The van der Waals surface area contributed by atoms with Crippen molar-refractivity contribution in [2.75, 3.05) is 44.4 Å². The number of urea groups is 1. The Morgan fingerprint density at radius 2 is 1.67 bits per heavy atom. The Hall–Kier alpha value is -4.13. The van der Waals surface area contributed by atoms with E-state index in [9.17, 15) is 9.59 Å². The molecule has 216 valence electrons. The summed E-state index contributed by atoms with van der Waals surface area (Å²) < 4.78 is 12.3. The van der Waals surface area contributed by atoms with Gasteiger partial charge >= 0.3 is 12.0 Å². The van der Waals surface area contributed by atoms with E-state index in [1.807, 2.05) is 65.7 Å². The zero-order valence-electron chi connectivity index (χ0n) is 22.9. The van der Waals surface area contributed by atoms with E-state index >= 15 is 0 Å². The van der Waals surface area contributed by atoms with E-state index in [2.05, 4.69) is 20.9 Å². The molecule has 2 aromatic carbocycles. The average Bonchev–Trinajstić information content (AvgIpc) is 3.02.